The highest BCUT2D eigenvalue weighted by Gasteiger charge is 2.17. The Labute approximate surface area is 157 Å². The number of halogens is 3. The van der Waals surface area contributed by atoms with Crippen LogP contribution in [-0.2, 0) is 6.54 Å². The van der Waals surface area contributed by atoms with Gasteiger partial charge in [-0.15, -0.1) is 0 Å². The number of amides is 1. The maximum atomic E-state index is 12.2. The predicted octanol–water partition coefficient (Wildman–Crippen LogP) is 4.19. The van der Waals surface area contributed by atoms with Gasteiger partial charge in [0.15, 0.2) is 5.69 Å². The number of nitrogens with one attached hydrogen (secondary N) is 2. The zero-order valence-electron chi connectivity index (χ0n) is 11.6. The molecule has 0 unspecified atom stereocenters. The summed E-state index contributed by atoms with van der Waals surface area (Å²) in [6, 6.07) is 7.99. The van der Waals surface area contributed by atoms with Crippen LogP contribution in [0.3, 0.4) is 0 Å². The number of aromatic amines is 1. The molecular weight excluding hydrogens is 494 g/mol. The fraction of sp³-hybridized carbons (Fsp3) is 0.0714. The van der Waals surface area contributed by atoms with Gasteiger partial charge in [0.2, 0.25) is 0 Å². The van der Waals surface area contributed by atoms with Gasteiger partial charge in [-0.3, -0.25) is 14.6 Å². The van der Waals surface area contributed by atoms with Crippen molar-refractivity contribution in [2.75, 3.05) is 5.32 Å². The number of carbonyl (C=O) groups excluding carboxylic acids is 1. The van der Waals surface area contributed by atoms with Gasteiger partial charge < -0.3 is 5.32 Å². The number of hydrogen-bond donors (Lipinski definition) is 2. The second-order valence-corrected chi connectivity index (χ2v) is 7.21. The van der Waals surface area contributed by atoms with Crippen LogP contribution in [0.15, 0.2) is 50.2 Å². The van der Waals surface area contributed by atoms with E-state index in [2.05, 4.69) is 68.4 Å². The summed E-state index contributed by atoms with van der Waals surface area (Å²) in [5.74, 6) is -0.318. The third-order valence-corrected chi connectivity index (χ3v) is 5.44. The summed E-state index contributed by atoms with van der Waals surface area (Å²) in [6.07, 6.45) is 3.38. The van der Waals surface area contributed by atoms with Gasteiger partial charge in [-0.2, -0.15) is 10.2 Å². The quantitative estimate of drug-likeness (QED) is 0.560. The lowest BCUT2D eigenvalue weighted by Gasteiger charge is -2.02. The third kappa shape index (κ3) is 3.91. The van der Waals surface area contributed by atoms with Crippen molar-refractivity contribution in [1.82, 2.24) is 20.0 Å². The first kappa shape index (κ1) is 16.4. The second kappa shape index (κ2) is 6.98. The second-order valence-electron chi connectivity index (χ2n) is 4.71. The molecule has 0 aliphatic carbocycles. The molecule has 1 aromatic carbocycles. The van der Waals surface area contributed by atoms with E-state index >= 15 is 0 Å². The van der Waals surface area contributed by atoms with Gasteiger partial charge >= 0.3 is 0 Å². The van der Waals surface area contributed by atoms with E-state index < -0.39 is 0 Å². The molecule has 118 valence electrons. The average molecular weight is 504 g/mol. The summed E-state index contributed by atoms with van der Waals surface area (Å²) in [6.45, 7) is 0.626. The van der Waals surface area contributed by atoms with Crippen LogP contribution in [0.25, 0.3) is 0 Å². The fourth-order valence-electron chi connectivity index (χ4n) is 1.94. The number of aromatic nitrogens is 4. The summed E-state index contributed by atoms with van der Waals surface area (Å²) in [5, 5.41) is 13.6. The zero-order chi connectivity index (χ0) is 16.4. The van der Waals surface area contributed by atoms with E-state index in [9.17, 15) is 4.79 Å². The fourth-order valence-corrected chi connectivity index (χ4v) is 2.84. The van der Waals surface area contributed by atoms with Crippen LogP contribution in [0, 0.1) is 0 Å². The number of nitrogens with zero attached hydrogens (tertiary/aromatic N) is 3. The number of benzene rings is 1. The SMILES string of the molecule is O=C(Nc1cnn(Cc2ccc(Br)cc2)c1)c1n[nH]c(Br)c1Br. The Morgan fingerprint density at radius 1 is 1.22 bits per heavy atom. The molecule has 3 rings (SSSR count). The first-order chi connectivity index (χ1) is 11.0. The van der Waals surface area contributed by atoms with E-state index in [0.29, 0.717) is 21.3 Å². The van der Waals surface area contributed by atoms with Crippen molar-refractivity contribution in [3.05, 3.63) is 61.5 Å². The standard InChI is InChI=1S/C14H10Br3N5O/c15-9-3-1-8(2-4-9)6-22-7-10(5-18-22)19-14(23)12-11(16)13(17)21-20-12/h1-5,7H,6H2,(H,19,23)(H,20,21). The van der Waals surface area contributed by atoms with Crippen LogP contribution in [0.2, 0.25) is 0 Å². The van der Waals surface area contributed by atoms with Crippen LogP contribution < -0.4 is 5.32 Å². The number of hydrogen-bond acceptors (Lipinski definition) is 3. The number of rotatable bonds is 4. The molecule has 1 amide bonds. The molecule has 0 spiro atoms. The van der Waals surface area contributed by atoms with Crippen molar-refractivity contribution in [3.63, 3.8) is 0 Å². The molecule has 9 heteroatoms. The Kier molecular flexibility index (Phi) is 4.98. The monoisotopic (exact) mass is 501 g/mol. The Hall–Kier alpha value is -1.45. The minimum Gasteiger partial charge on any atom is -0.318 e. The Bertz CT molecular complexity index is 840. The predicted molar refractivity (Wildman–Crippen MR) is 97.4 cm³/mol. The van der Waals surface area contributed by atoms with E-state index in [1.807, 2.05) is 24.3 Å². The van der Waals surface area contributed by atoms with Crippen molar-refractivity contribution in [2.24, 2.45) is 0 Å². The molecule has 0 radical (unpaired) electrons. The Morgan fingerprint density at radius 3 is 2.61 bits per heavy atom. The van der Waals surface area contributed by atoms with Crippen molar-refractivity contribution >= 4 is 59.4 Å². The first-order valence-electron chi connectivity index (χ1n) is 6.50. The van der Waals surface area contributed by atoms with Gasteiger partial charge in [0, 0.05) is 10.7 Å². The van der Waals surface area contributed by atoms with Crippen molar-refractivity contribution in [3.8, 4) is 0 Å². The van der Waals surface area contributed by atoms with Crippen LogP contribution >= 0.6 is 47.8 Å². The molecule has 0 atom stereocenters. The van der Waals surface area contributed by atoms with Crippen molar-refractivity contribution in [2.45, 2.75) is 6.54 Å². The van der Waals surface area contributed by atoms with Gasteiger partial charge in [-0.25, -0.2) is 0 Å². The van der Waals surface area contributed by atoms with Crippen LogP contribution in [0.4, 0.5) is 5.69 Å². The van der Waals surface area contributed by atoms with E-state index in [-0.39, 0.29) is 11.6 Å². The van der Waals surface area contributed by atoms with Gasteiger partial charge in [0.1, 0.15) is 4.60 Å². The molecule has 0 saturated carbocycles. The van der Waals surface area contributed by atoms with Gasteiger partial charge in [0.05, 0.1) is 22.9 Å². The summed E-state index contributed by atoms with van der Waals surface area (Å²) in [4.78, 5) is 12.2. The van der Waals surface area contributed by atoms with Gasteiger partial charge in [-0.1, -0.05) is 28.1 Å². The molecule has 23 heavy (non-hydrogen) atoms. The lowest BCUT2D eigenvalue weighted by atomic mass is 10.2. The van der Waals surface area contributed by atoms with Crippen LogP contribution in [0.5, 0.6) is 0 Å². The maximum absolute atomic E-state index is 12.2. The van der Waals surface area contributed by atoms with E-state index in [4.69, 9.17) is 0 Å². The maximum Gasteiger partial charge on any atom is 0.277 e. The molecule has 0 aliphatic heterocycles. The topological polar surface area (TPSA) is 75.6 Å². The molecule has 2 aromatic heterocycles. The zero-order valence-corrected chi connectivity index (χ0v) is 16.3. The highest BCUT2D eigenvalue weighted by molar-refractivity contribution is 9.13. The summed E-state index contributed by atoms with van der Waals surface area (Å²) >= 11 is 9.95. The molecule has 0 aliphatic rings. The van der Waals surface area contributed by atoms with Crippen molar-refractivity contribution in [1.29, 1.82) is 0 Å². The smallest absolute Gasteiger partial charge is 0.277 e. The molecule has 2 heterocycles. The number of anilines is 1. The molecule has 6 nitrogen and oxygen atoms in total. The minimum absolute atomic E-state index is 0.275. The molecule has 0 bridgehead atoms. The first-order valence-corrected chi connectivity index (χ1v) is 8.88. The lowest BCUT2D eigenvalue weighted by Crippen LogP contribution is -2.12. The molecular formula is C14H10Br3N5O. The Morgan fingerprint density at radius 2 is 1.96 bits per heavy atom. The lowest BCUT2D eigenvalue weighted by molar-refractivity contribution is 0.102. The normalized spacial score (nSPS) is 10.7. The highest BCUT2D eigenvalue weighted by Crippen LogP contribution is 2.24. The van der Waals surface area contributed by atoms with Crippen LogP contribution in [0.1, 0.15) is 16.1 Å². The number of carbonyl (C=O) groups is 1. The van der Waals surface area contributed by atoms with E-state index in [1.165, 1.54) is 0 Å². The highest BCUT2D eigenvalue weighted by atomic mass is 79.9. The number of H-pyrrole nitrogens is 1. The third-order valence-electron chi connectivity index (χ3n) is 3.03. The average Bonchev–Trinajstić information content (AvgIpc) is 3.09. The molecule has 0 saturated heterocycles. The summed E-state index contributed by atoms with van der Waals surface area (Å²) in [7, 11) is 0. The van der Waals surface area contributed by atoms with Crippen molar-refractivity contribution < 1.29 is 4.79 Å². The van der Waals surface area contributed by atoms with Crippen LogP contribution in [-0.4, -0.2) is 25.9 Å². The van der Waals surface area contributed by atoms with E-state index in [0.717, 1.165) is 10.0 Å². The summed E-state index contributed by atoms with van der Waals surface area (Å²) < 4.78 is 3.99. The Balaban J connectivity index is 1.68. The van der Waals surface area contributed by atoms with Gasteiger partial charge in [0.25, 0.3) is 5.91 Å². The summed E-state index contributed by atoms with van der Waals surface area (Å²) in [5.41, 5.74) is 2.00. The molecule has 2 N–H and O–H groups in total. The minimum atomic E-state index is -0.318. The van der Waals surface area contributed by atoms with Gasteiger partial charge in [-0.05, 0) is 49.6 Å². The largest absolute Gasteiger partial charge is 0.318 e. The molecule has 0 fully saturated rings. The molecule has 3 aromatic rings. The van der Waals surface area contributed by atoms with E-state index in [1.54, 1.807) is 17.1 Å².